The first kappa shape index (κ1) is 15.1. The number of benzene rings is 1. The van der Waals surface area contributed by atoms with Gasteiger partial charge in [-0.25, -0.2) is 0 Å². The van der Waals surface area contributed by atoms with Gasteiger partial charge in [-0.05, 0) is 49.1 Å². The fourth-order valence-corrected chi connectivity index (χ4v) is 1.72. The summed E-state index contributed by atoms with van der Waals surface area (Å²) in [5.74, 6) is -0.0344. The van der Waals surface area contributed by atoms with Crippen molar-refractivity contribution in [2.24, 2.45) is 0 Å². The lowest BCUT2D eigenvalue weighted by atomic mass is 10.3. The Balaban J connectivity index is 2.33. The van der Waals surface area contributed by atoms with E-state index < -0.39 is 0 Å². The van der Waals surface area contributed by atoms with E-state index in [0.29, 0.717) is 12.6 Å². The monoisotopic (exact) mass is 313 g/mol. The molecule has 1 amide bonds. The Hall–Kier alpha value is -0.910. The largest absolute Gasteiger partial charge is 0.324 e. The minimum absolute atomic E-state index is 0.0344. The molecule has 0 aliphatic heterocycles. The van der Waals surface area contributed by atoms with Crippen LogP contribution in [0.2, 0.25) is 0 Å². The molecule has 0 saturated heterocycles. The lowest BCUT2D eigenvalue weighted by Gasteiger charge is -2.19. The van der Waals surface area contributed by atoms with Crippen LogP contribution >= 0.6 is 15.9 Å². The third kappa shape index (κ3) is 5.16. The molecule has 5 heteroatoms. The third-order valence-electron chi connectivity index (χ3n) is 2.75. The van der Waals surface area contributed by atoms with Crippen LogP contribution in [0.1, 0.15) is 6.92 Å². The first-order valence-corrected chi connectivity index (χ1v) is 6.71. The molecule has 0 spiro atoms. The summed E-state index contributed by atoms with van der Waals surface area (Å²) in [6.07, 6.45) is 0. The molecule has 1 aromatic rings. The Bertz CT molecular complexity index is 396. The molecule has 18 heavy (non-hydrogen) atoms. The van der Waals surface area contributed by atoms with E-state index in [1.165, 1.54) is 0 Å². The highest BCUT2D eigenvalue weighted by Gasteiger charge is 2.07. The lowest BCUT2D eigenvalue weighted by molar-refractivity contribution is -0.115. The van der Waals surface area contributed by atoms with Crippen LogP contribution in [0.15, 0.2) is 28.7 Å². The number of para-hydroxylation sites is 1. The Kier molecular flexibility index (Phi) is 6.32. The summed E-state index contributed by atoms with van der Waals surface area (Å²) < 4.78 is 0.889. The number of carbonyl (C=O) groups excluding carboxylic acids is 1. The van der Waals surface area contributed by atoms with Crippen LogP contribution in [0, 0.1) is 0 Å². The van der Waals surface area contributed by atoms with Gasteiger partial charge >= 0.3 is 0 Å². The highest BCUT2D eigenvalue weighted by atomic mass is 79.9. The first-order valence-electron chi connectivity index (χ1n) is 5.92. The van der Waals surface area contributed by atoms with Crippen molar-refractivity contribution in [2.45, 2.75) is 13.0 Å². The van der Waals surface area contributed by atoms with Crippen LogP contribution in [0.4, 0.5) is 5.69 Å². The molecule has 4 nitrogen and oxygen atoms in total. The Morgan fingerprint density at radius 2 is 2.06 bits per heavy atom. The van der Waals surface area contributed by atoms with E-state index in [1.807, 2.05) is 38.4 Å². The van der Waals surface area contributed by atoms with E-state index in [2.05, 4.69) is 38.4 Å². The molecule has 0 aliphatic rings. The van der Waals surface area contributed by atoms with Gasteiger partial charge in [-0.1, -0.05) is 12.1 Å². The molecule has 0 aromatic heterocycles. The minimum Gasteiger partial charge on any atom is -0.324 e. The van der Waals surface area contributed by atoms with Crippen LogP contribution in [0.25, 0.3) is 0 Å². The number of nitrogens with zero attached hydrogens (tertiary/aromatic N) is 1. The molecule has 0 saturated carbocycles. The number of halogens is 1. The molecule has 0 aliphatic carbocycles. The van der Waals surface area contributed by atoms with Gasteiger partial charge in [-0.2, -0.15) is 0 Å². The molecular formula is C13H20BrN3O. The molecule has 0 bridgehead atoms. The fraction of sp³-hybridized carbons (Fsp3) is 0.462. The van der Waals surface area contributed by atoms with Gasteiger partial charge in [-0.3, -0.25) is 4.79 Å². The zero-order chi connectivity index (χ0) is 13.5. The van der Waals surface area contributed by atoms with Crippen molar-refractivity contribution in [1.82, 2.24) is 10.2 Å². The standard InChI is InChI=1S/C13H20BrN3O/c1-10(17(2)3)8-15-9-13(18)16-12-7-5-4-6-11(12)14/h4-7,10,15H,8-9H2,1-3H3,(H,16,18). The maximum Gasteiger partial charge on any atom is 0.238 e. The predicted octanol–water partition coefficient (Wildman–Crippen LogP) is 1.93. The van der Waals surface area contributed by atoms with Crippen molar-refractivity contribution in [3.8, 4) is 0 Å². The zero-order valence-electron chi connectivity index (χ0n) is 11.0. The molecule has 1 aromatic carbocycles. The summed E-state index contributed by atoms with van der Waals surface area (Å²) >= 11 is 3.39. The highest BCUT2D eigenvalue weighted by molar-refractivity contribution is 9.10. The van der Waals surface area contributed by atoms with E-state index >= 15 is 0 Å². The lowest BCUT2D eigenvalue weighted by Crippen LogP contribution is -2.38. The van der Waals surface area contributed by atoms with Gasteiger partial charge in [0.1, 0.15) is 0 Å². The first-order chi connectivity index (χ1) is 8.50. The summed E-state index contributed by atoms with van der Waals surface area (Å²) in [7, 11) is 4.04. The second-order valence-electron chi connectivity index (χ2n) is 4.47. The van der Waals surface area contributed by atoms with Crippen LogP contribution in [0.3, 0.4) is 0 Å². The Labute approximate surface area is 117 Å². The second kappa shape index (κ2) is 7.51. The number of likely N-dealkylation sites (N-methyl/N-ethyl adjacent to an activating group) is 1. The van der Waals surface area contributed by atoms with Crippen molar-refractivity contribution in [2.75, 3.05) is 32.5 Å². The molecule has 1 unspecified atom stereocenters. The van der Waals surface area contributed by atoms with Crippen LogP contribution in [-0.2, 0) is 4.79 Å². The number of nitrogens with one attached hydrogen (secondary N) is 2. The molecule has 100 valence electrons. The van der Waals surface area contributed by atoms with Gasteiger partial charge in [0, 0.05) is 17.1 Å². The quantitative estimate of drug-likeness (QED) is 0.843. The van der Waals surface area contributed by atoms with E-state index in [-0.39, 0.29) is 5.91 Å². The fourth-order valence-electron chi connectivity index (χ4n) is 1.33. The Morgan fingerprint density at radius 3 is 2.67 bits per heavy atom. The number of rotatable bonds is 6. The van der Waals surface area contributed by atoms with Gasteiger partial charge in [0.05, 0.1) is 12.2 Å². The van der Waals surface area contributed by atoms with Crippen molar-refractivity contribution < 1.29 is 4.79 Å². The van der Waals surface area contributed by atoms with Crippen molar-refractivity contribution in [3.63, 3.8) is 0 Å². The molecule has 0 fully saturated rings. The van der Waals surface area contributed by atoms with E-state index in [4.69, 9.17) is 0 Å². The number of hydrogen-bond acceptors (Lipinski definition) is 3. The van der Waals surface area contributed by atoms with Crippen LogP contribution < -0.4 is 10.6 Å². The van der Waals surface area contributed by atoms with Crippen molar-refractivity contribution >= 4 is 27.5 Å². The van der Waals surface area contributed by atoms with Crippen LogP contribution in [-0.4, -0.2) is 44.0 Å². The molecule has 1 rings (SSSR count). The number of carbonyl (C=O) groups is 1. The second-order valence-corrected chi connectivity index (χ2v) is 5.33. The zero-order valence-corrected chi connectivity index (χ0v) is 12.6. The topological polar surface area (TPSA) is 44.4 Å². The van der Waals surface area contributed by atoms with E-state index in [1.54, 1.807) is 0 Å². The molecule has 1 atom stereocenters. The predicted molar refractivity (Wildman–Crippen MR) is 78.8 cm³/mol. The average molecular weight is 314 g/mol. The number of anilines is 1. The molecular weight excluding hydrogens is 294 g/mol. The third-order valence-corrected chi connectivity index (χ3v) is 3.45. The number of amides is 1. The van der Waals surface area contributed by atoms with Crippen LogP contribution in [0.5, 0.6) is 0 Å². The maximum absolute atomic E-state index is 11.7. The van der Waals surface area contributed by atoms with Crippen molar-refractivity contribution in [1.29, 1.82) is 0 Å². The smallest absolute Gasteiger partial charge is 0.238 e. The summed E-state index contributed by atoms with van der Waals surface area (Å²) in [5, 5.41) is 5.99. The minimum atomic E-state index is -0.0344. The van der Waals surface area contributed by atoms with Gasteiger partial charge < -0.3 is 15.5 Å². The maximum atomic E-state index is 11.7. The summed E-state index contributed by atoms with van der Waals surface area (Å²) in [6, 6.07) is 7.97. The summed E-state index contributed by atoms with van der Waals surface area (Å²) in [5.41, 5.74) is 0.796. The molecule has 0 radical (unpaired) electrons. The average Bonchev–Trinajstić information content (AvgIpc) is 2.32. The van der Waals surface area contributed by atoms with Crippen molar-refractivity contribution in [3.05, 3.63) is 28.7 Å². The van der Waals surface area contributed by atoms with Gasteiger partial charge in [-0.15, -0.1) is 0 Å². The SMILES string of the molecule is CC(CNCC(=O)Nc1ccccc1Br)N(C)C. The van der Waals surface area contributed by atoms with Gasteiger partial charge in [0.25, 0.3) is 0 Å². The van der Waals surface area contributed by atoms with Gasteiger partial charge in [0.2, 0.25) is 5.91 Å². The van der Waals surface area contributed by atoms with E-state index in [9.17, 15) is 4.79 Å². The number of hydrogen-bond donors (Lipinski definition) is 2. The summed E-state index contributed by atoms with van der Waals surface area (Å²) in [6.45, 7) is 3.22. The molecule has 2 N–H and O–H groups in total. The van der Waals surface area contributed by atoms with Gasteiger partial charge in [0.15, 0.2) is 0 Å². The normalized spacial score (nSPS) is 12.5. The highest BCUT2D eigenvalue weighted by Crippen LogP contribution is 2.20. The molecule has 0 heterocycles. The Morgan fingerprint density at radius 1 is 1.39 bits per heavy atom. The summed E-state index contributed by atoms with van der Waals surface area (Å²) in [4.78, 5) is 13.8. The van der Waals surface area contributed by atoms with E-state index in [0.717, 1.165) is 16.7 Å².